The summed E-state index contributed by atoms with van der Waals surface area (Å²) in [5.74, 6) is 1.60. The Balaban J connectivity index is 1.37. The molecule has 138 valence electrons. The standard InChI is InChI=1S/C22H22N2O3/c1-14-4-3-5-16(8-14)10-22(25)23-13-19-12-21(27-24-19)17-6-7-20-18(11-17)9-15(2)26-20/h3-8,11-12,15H,9-10,13H2,1-2H3,(H,23,25). The minimum absolute atomic E-state index is 0.0335. The third kappa shape index (κ3) is 4.03. The van der Waals surface area contributed by atoms with E-state index in [1.54, 1.807) is 0 Å². The Hall–Kier alpha value is -3.08. The fourth-order valence-corrected chi connectivity index (χ4v) is 3.37. The maximum absolute atomic E-state index is 12.1. The number of carbonyl (C=O) groups excluding carboxylic acids is 1. The molecule has 1 unspecified atom stereocenters. The molecular formula is C22H22N2O3. The van der Waals surface area contributed by atoms with E-state index in [0.717, 1.165) is 28.9 Å². The van der Waals surface area contributed by atoms with Crippen molar-refractivity contribution in [3.63, 3.8) is 0 Å². The van der Waals surface area contributed by atoms with Gasteiger partial charge in [-0.15, -0.1) is 0 Å². The van der Waals surface area contributed by atoms with Gasteiger partial charge in [-0.05, 0) is 43.2 Å². The van der Waals surface area contributed by atoms with Crippen molar-refractivity contribution in [3.05, 3.63) is 70.9 Å². The first-order valence-electron chi connectivity index (χ1n) is 9.14. The fourth-order valence-electron chi connectivity index (χ4n) is 3.37. The Morgan fingerprint density at radius 1 is 1.22 bits per heavy atom. The zero-order valence-corrected chi connectivity index (χ0v) is 15.5. The minimum Gasteiger partial charge on any atom is -0.490 e. The molecule has 0 bridgehead atoms. The highest BCUT2D eigenvalue weighted by Crippen LogP contribution is 2.33. The Bertz CT molecular complexity index is 977. The van der Waals surface area contributed by atoms with Crippen molar-refractivity contribution in [2.24, 2.45) is 0 Å². The zero-order valence-electron chi connectivity index (χ0n) is 15.5. The molecule has 2 aromatic carbocycles. The first kappa shape index (κ1) is 17.3. The van der Waals surface area contributed by atoms with Crippen molar-refractivity contribution >= 4 is 5.91 Å². The van der Waals surface area contributed by atoms with Crippen LogP contribution in [0.3, 0.4) is 0 Å². The molecule has 3 aromatic rings. The summed E-state index contributed by atoms with van der Waals surface area (Å²) in [6.45, 7) is 4.43. The lowest BCUT2D eigenvalue weighted by molar-refractivity contribution is -0.120. The molecule has 0 fully saturated rings. The van der Waals surface area contributed by atoms with Crippen LogP contribution in [-0.2, 0) is 24.2 Å². The van der Waals surface area contributed by atoms with E-state index in [2.05, 4.69) is 23.5 Å². The second-order valence-corrected chi connectivity index (χ2v) is 7.08. The Morgan fingerprint density at radius 2 is 2.11 bits per heavy atom. The zero-order chi connectivity index (χ0) is 18.8. The highest BCUT2D eigenvalue weighted by molar-refractivity contribution is 5.78. The van der Waals surface area contributed by atoms with E-state index in [0.29, 0.717) is 24.4 Å². The molecule has 1 aliphatic heterocycles. The molecule has 1 aromatic heterocycles. The molecule has 1 aliphatic rings. The van der Waals surface area contributed by atoms with Crippen molar-refractivity contribution in [1.29, 1.82) is 0 Å². The smallest absolute Gasteiger partial charge is 0.224 e. The minimum atomic E-state index is -0.0335. The van der Waals surface area contributed by atoms with Gasteiger partial charge in [0.1, 0.15) is 17.5 Å². The first-order chi connectivity index (χ1) is 13.1. The number of aromatic nitrogens is 1. The summed E-state index contributed by atoms with van der Waals surface area (Å²) >= 11 is 0. The number of aryl methyl sites for hydroxylation is 1. The van der Waals surface area contributed by atoms with E-state index in [1.165, 1.54) is 5.56 Å². The fraction of sp³-hybridized carbons (Fsp3) is 0.273. The monoisotopic (exact) mass is 362 g/mol. The number of nitrogens with one attached hydrogen (secondary N) is 1. The number of amides is 1. The second-order valence-electron chi connectivity index (χ2n) is 7.08. The number of rotatable bonds is 5. The highest BCUT2D eigenvalue weighted by atomic mass is 16.5. The van der Waals surface area contributed by atoms with E-state index in [9.17, 15) is 4.79 Å². The number of hydrogen-bond acceptors (Lipinski definition) is 4. The average Bonchev–Trinajstić information content (AvgIpc) is 3.24. The van der Waals surface area contributed by atoms with Gasteiger partial charge in [0.25, 0.3) is 0 Å². The van der Waals surface area contributed by atoms with Gasteiger partial charge in [-0.2, -0.15) is 0 Å². The van der Waals surface area contributed by atoms with E-state index in [4.69, 9.17) is 9.26 Å². The number of ether oxygens (including phenoxy) is 1. The van der Waals surface area contributed by atoms with E-state index in [1.807, 2.05) is 49.4 Å². The van der Waals surface area contributed by atoms with Crippen molar-refractivity contribution in [3.8, 4) is 17.1 Å². The maximum atomic E-state index is 12.1. The quantitative estimate of drug-likeness (QED) is 0.749. The molecule has 0 radical (unpaired) electrons. The third-order valence-corrected chi connectivity index (χ3v) is 4.65. The average molecular weight is 362 g/mol. The van der Waals surface area contributed by atoms with Crippen molar-refractivity contribution in [2.45, 2.75) is 39.3 Å². The van der Waals surface area contributed by atoms with E-state index >= 15 is 0 Å². The molecule has 0 saturated carbocycles. The van der Waals surface area contributed by atoms with Crippen LogP contribution in [0.25, 0.3) is 11.3 Å². The van der Waals surface area contributed by atoms with Crippen LogP contribution in [0.4, 0.5) is 0 Å². The summed E-state index contributed by atoms with van der Waals surface area (Å²) in [6, 6.07) is 15.9. The lowest BCUT2D eigenvalue weighted by Gasteiger charge is -2.04. The van der Waals surface area contributed by atoms with Crippen LogP contribution in [0.5, 0.6) is 5.75 Å². The number of carbonyl (C=O) groups is 1. The van der Waals surface area contributed by atoms with Gasteiger partial charge >= 0.3 is 0 Å². The summed E-state index contributed by atoms with van der Waals surface area (Å²) in [4.78, 5) is 12.1. The molecule has 5 nitrogen and oxygen atoms in total. The summed E-state index contributed by atoms with van der Waals surface area (Å²) < 4.78 is 11.2. The number of hydrogen-bond donors (Lipinski definition) is 1. The Kier molecular flexibility index (Phi) is 4.67. The van der Waals surface area contributed by atoms with Gasteiger partial charge in [0.15, 0.2) is 5.76 Å². The lowest BCUT2D eigenvalue weighted by atomic mass is 10.1. The van der Waals surface area contributed by atoms with Crippen molar-refractivity contribution in [2.75, 3.05) is 0 Å². The number of fused-ring (bicyclic) bond motifs is 1. The highest BCUT2D eigenvalue weighted by Gasteiger charge is 2.20. The van der Waals surface area contributed by atoms with E-state index in [-0.39, 0.29) is 12.0 Å². The van der Waals surface area contributed by atoms with E-state index < -0.39 is 0 Å². The van der Waals surface area contributed by atoms with Crippen LogP contribution >= 0.6 is 0 Å². The first-order valence-corrected chi connectivity index (χ1v) is 9.14. The summed E-state index contributed by atoms with van der Waals surface area (Å²) in [6.07, 6.45) is 1.47. The van der Waals surface area contributed by atoms with Gasteiger partial charge in [0, 0.05) is 18.1 Å². The molecule has 27 heavy (non-hydrogen) atoms. The van der Waals surface area contributed by atoms with Crippen LogP contribution in [0.2, 0.25) is 0 Å². The van der Waals surface area contributed by atoms with Gasteiger partial charge in [-0.25, -0.2) is 0 Å². The number of benzene rings is 2. The molecule has 1 N–H and O–H groups in total. The van der Waals surface area contributed by atoms with Crippen LogP contribution in [0.15, 0.2) is 53.1 Å². The van der Waals surface area contributed by atoms with Gasteiger partial charge in [0.2, 0.25) is 5.91 Å². The predicted molar refractivity (Wildman–Crippen MR) is 102 cm³/mol. The Labute approximate surface area is 158 Å². The third-order valence-electron chi connectivity index (χ3n) is 4.65. The SMILES string of the molecule is Cc1cccc(CC(=O)NCc2cc(-c3ccc4c(c3)CC(C)O4)on2)c1. The molecule has 0 spiro atoms. The van der Waals surface area contributed by atoms with Crippen LogP contribution in [0.1, 0.15) is 29.3 Å². The van der Waals surface area contributed by atoms with Crippen LogP contribution < -0.4 is 10.1 Å². The second kappa shape index (κ2) is 7.27. The molecule has 0 saturated heterocycles. The normalized spacial score (nSPS) is 15.3. The van der Waals surface area contributed by atoms with Crippen molar-refractivity contribution in [1.82, 2.24) is 10.5 Å². The molecular weight excluding hydrogens is 340 g/mol. The lowest BCUT2D eigenvalue weighted by Crippen LogP contribution is -2.24. The van der Waals surface area contributed by atoms with Gasteiger partial charge in [-0.1, -0.05) is 35.0 Å². The maximum Gasteiger partial charge on any atom is 0.224 e. The molecule has 0 aliphatic carbocycles. The van der Waals surface area contributed by atoms with Crippen molar-refractivity contribution < 1.29 is 14.1 Å². The van der Waals surface area contributed by atoms with Gasteiger partial charge < -0.3 is 14.6 Å². The Morgan fingerprint density at radius 3 is 2.96 bits per heavy atom. The molecule has 5 heteroatoms. The molecule has 1 atom stereocenters. The summed E-state index contributed by atoms with van der Waals surface area (Å²) in [5, 5.41) is 6.97. The van der Waals surface area contributed by atoms with Crippen LogP contribution in [0, 0.1) is 6.92 Å². The summed E-state index contributed by atoms with van der Waals surface area (Å²) in [5.41, 5.74) is 5.01. The van der Waals surface area contributed by atoms with Gasteiger partial charge in [-0.3, -0.25) is 4.79 Å². The number of nitrogens with zero attached hydrogens (tertiary/aromatic N) is 1. The van der Waals surface area contributed by atoms with Crippen LogP contribution in [-0.4, -0.2) is 17.2 Å². The largest absolute Gasteiger partial charge is 0.490 e. The summed E-state index contributed by atoms with van der Waals surface area (Å²) in [7, 11) is 0. The molecule has 1 amide bonds. The topological polar surface area (TPSA) is 64.4 Å². The molecule has 4 rings (SSSR count). The predicted octanol–water partition coefficient (Wildman–Crippen LogP) is 3.83. The molecule has 2 heterocycles. The van der Waals surface area contributed by atoms with Gasteiger partial charge in [0.05, 0.1) is 13.0 Å².